The van der Waals surface area contributed by atoms with Crippen LogP contribution in [0.15, 0.2) is 48.5 Å². The summed E-state index contributed by atoms with van der Waals surface area (Å²) in [6.45, 7) is 1.96. The van der Waals surface area contributed by atoms with Gasteiger partial charge in [-0.25, -0.2) is 4.98 Å². The van der Waals surface area contributed by atoms with Crippen LogP contribution in [0.3, 0.4) is 0 Å². The second-order valence-corrected chi connectivity index (χ2v) is 6.37. The number of hydrogen-bond donors (Lipinski definition) is 0. The molecule has 1 heterocycles. The Morgan fingerprint density at radius 2 is 2.04 bits per heavy atom. The van der Waals surface area contributed by atoms with Gasteiger partial charge in [-0.05, 0) is 37.3 Å². The fourth-order valence-electron chi connectivity index (χ4n) is 2.34. The minimum Gasteiger partial charge on any atom is -0.333 e. The Morgan fingerprint density at radius 3 is 2.78 bits per heavy atom. The van der Waals surface area contributed by atoms with Crippen molar-refractivity contribution in [2.24, 2.45) is 0 Å². The Labute approximate surface area is 138 Å². The molecule has 0 aliphatic rings. The Hall–Kier alpha value is -2.71. The van der Waals surface area contributed by atoms with Gasteiger partial charge in [-0.3, -0.25) is 4.79 Å². The molecule has 1 amide bonds. The molecule has 2 aromatic carbocycles. The van der Waals surface area contributed by atoms with Crippen molar-refractivity contribution in [3.63, 3.8) is 0 Å². The summed E-state index contributed by atoms with van der Waals surface area (Å²) in [4.78, 5) is 18.9. The van der Waals surface area contributed by atoms with Crippen molar-refractivity contribution < 1.29 is 4.79 Å². The second kappa shape index (κ2) is 6.19. The number of carbonyl (C=O) groups is 1. The summed E-state index contributed by atoms with van der Waals surface area (Å²) in [5.41, 5.74) is 1.95. The van der Waals surface area contributed by atoms with Crippen LogP contribution >= 0.6 is 11.3 Å². The van der Waals surface area contributed by atoms with Gasteiger partial charge in [0, 0.05) is 12.6 Å². The van der Waals surface area contributed by atoms with Gasteiger partial charge in [-0.15, -0.1) is 11.3 Å². The summed E-state index contributed by atoms with van der Waals surface area (Å²) in [5.74, 6) is -0.117. The molecule has 0 saturated carbocycles. The highest BCUT2D eigenvalue weighted by molar-refractivity contribution is 7.18. The number of fused-ring (bicyclic) bond motifs is 1. The summed E-state index contributed by atoms with van der Waals surface area (Å²) in [7, 11) is 1.76. The molecule has 0 aliphatic carbocycles. The topological polar surface area (TPSA) is 57.0 Å². The van der Waals surface area contributed by atoms with Crippen LogP contribution in [0, 0.1) is 11.3 Å². The molecule has 0 saturated heterocycles. The molecule has 0 spiro atoms. The first-order valence-electron chi connectivity index (χ1n) is 7.23. The number of carbonyl (C=O) groups excluding carboxylic acids is 1. The quantitative estimate of drug-likeness (QED) is 0.732. The molecular formula is C18H15N3OS. The lowest BCUT2D eigenvalue weighted by Gasteiger charge is -2.23. The molecule has 5 heteroatoms. The lowest BCUT2D eigenvalue weighted by atomic mass is 10.1. The molecule has 1 aromatic heterocycles. The highest BCUT2D eigenvalue weighted by Gasteiger charge is 2.21. The summed E-state index contributed by atoms with van der Waals surface area (Å²) < 4.78 is 1.11. The maximum absolute atomic E-state index is 12.6. The van der Waals surface area contributed by atoms with Crippen molar-refractivity contribution in [2.45, 2.75) is 13.0 Å². The van der Waals surface area contributed by atoms with Crippen molar-refractivity contribution in [2.75, 3.05) is 7.05 Å². The maximum atomic E-state index is 12.6. The Bertz CT molecular complexity index is 877. The maximum Gasteiger partial charge on any atom is 0.254 e. The number of amides is 1. The molecule has 4 nitrogen and oxygen atoms in total. The Morgan fingerprint density at radius 1 is 1.26 bits per heavy atom. The van der Waals surface area contributed by atoms with Crippen molar-refractivity contribution in [1.29, 1.82) is 5.26 Å². The lowest BCUT2D eigenvalue weighted by Crippen LogP contribution is -2.29. The predicted molar refractivity (Wildman–Crippen MR) is 91.3 cm³/mol. The van der Waals surface area contributed by atoms with Gasteiger partial charge in [0.15, 0.2) is 0 Å². The van der Waals surface area contributed by atoms with E-state index in [2.05, 4.69) is 11.1 Å². The standard InChI is InChI=1S/C18H15N3OS/c1-12(17-20-15-8-3-4-9-16(15)23-17)21(2)18(22)14-7-5-6-13(10-14)11-19/h3-10,12H,1-2H3. The van der Waals surface area contributed by atoms with E-state index < -0.39 is 0 Å². The highest BCUT2D eigenvalue weighted by atomic mass is 32.1. The number of para-hydroxylation sites is 1. The molecule has 0 N–H and O–H groups in total. The van der Waals surface area contributed by atoms with Gasteiger partial charge in [0.2, 0.25) is 0 Å². The molecule has 0 bridgehead atoms. The monoisotopic (exact) mass is 321 g/mol. The molecule has 3 rings (SSSR count). The lowest BCUT2D eigenvalue weighted by molar-refractivity contribution is 0.0742. The molecule has 114 valence electrons. The number of thiazole rings is 1. The Balaban J connectivity index is 1.87. The van der Waals surface area contributed by atoms with Crippen molar-refractivity contribution in [1.82, 2.24) is 9.88 Å². The third kappa shape index (κ3) is 2.94. The first-order valence-corrected chi connectivity index (χ1v) is 8.04. The number of benzene rings is 2. The third-order valence-electron chi connectivity index (χ3n) is 3.81. The summed E-state index contributed by atoms with van der Waals surface area (Å²) in [6.07, 6.45) is 0. The van der Waals surface area contributed by atoms with Gasteiger partial charge in [0.25, 0.3) is 5.91 Å². The molecular weight excluding hydrogens is 306 g/mol. The zero-order valence-electron chi connectivity index (χ0n) is 12.9. The van der Waals surface area contributed by atoms with E-state index in [-0.39, 0.29) is 11.9 Å². The smallest absolute Gasteiger partial charge is 0.254 e. The van der Waals surface area contributed by atoms with Crippen molar-refractivity contribution in [3.8, 4) is 6.07 Å². The number of hydrogen-bond acceptors (Lipinski definition) is 4. The van der Waals surface area contributed by atoms with Gasteiger partial charge in [-0.2, -0.15) is 5.26 Å². The van der Waals surface area contributed by atoms with Crippen LogP contribution in [0.25, 0.3) is 10.2 Å². The number of rotatable bonds is 3. The van der Waals surface area contributed by atoms with Crippen molar-refractivity contribution >= 4 is 27.5 Å². The number of aromatic nitrogens is 1. The number of nitrogens with zero attached hydrogens (tertiary/aromatic N) is 3. The van der Waals surface area contributed by atoms with Crippen LogP contribution in [0.1, 0.15) is 33.9 Å². The van der Waals surface area contributed by atoms with E-state index in [1.54, 1.807) is 47.5 Å². The van der Waals surface area contributed by atoms with E-state index in [9.17, 15) is 4.79 Å². The number of nitriles is 1. The summed E-state index contributed by atoms with van der Waals surface area (Å²) in [6, 6.07) is 16.6. The molecule has 0 radical (unpaired) electrons. The zero-order valence-corrected chi connectivity index (χ0v) is 13.7. The average molecular weight is 321 g/mol. The van der Waals surface area contributed by atoms with Gasteiger partial charge in [-0.1, -0.05) is 18.2 Å². The van der Waals surface area contributed by atoms with Crippen LogP contribution in [0.4, 0.5) is 0 Å². The van der Waals surface area contributed by atoms with Gasteiger partial charge in [0.1, 0.15) is 5.01 Å². The van der Waals surface area contributed by atoms with Crippen LogP contribution in [-0.4, -0.2) is 22.8 Å². The average Bonchev–Trinajstić information content (AvgIpc) is 3.04. The predicted octanol–water partition coefficient (Wildman–Crippen LogP) is 4.00. The van der Waals surface area contributed by atoms with Gasteiger partial charge in [0.05, 0.1) is 27.9 Å². The molecule has 3 aromatic rings. The van der Waals surface area contributed by atoms with Crippen LogP contribution in [0.2, 0.25) is 0 Å². The minimum atomic E-state index is -0.134. The molecule has 1 atom stereocenters. The molecule has 23 heavy (non-hydrogen) atoms. The zero-order chi connectivity index (χ0) is 16.4. The first kappa shape index (κ1) is 15.2. The van der Waals surface area contributed by atoms with E-state index in [0.29, 0.717) is 11.1 Å². The van der Waals surface area contributed by atoms with Crippen LogP contribution < -0.4 is 0 Å². The van der Waals surface area contributed by atoms with E-state index >= 15 is 0 Å². The van der Waals surface area contributed by atoms with Gasteiger partial charge >= 0.3 is 0 Å². The summed E-state index contributed by atoms with van der Waals surface area (Å²) in [5, 5.41) is 9.87. The first-order chi connectivity index (χ1) is 11.1. The fourth-order valence-corrected chi connectivity index (χ4v) is 3.40. The van der Waals surface area contributed by atoms with E-state index in [0.717, 1.165) is 15.2 Å². The minimum absolute atomic E-state index is 0.117. The second-order valence-electron chi connectivity index (χ2n) is 5.30. The van der Waals surface area contributed by atoms with Crippen LogP contribution in [-0.2, 0) is 0 Å². The van der Waals surface area contributed by atoms with Crippen molar-refractivity contribution in [3.05, 3.63) is 64.7 Å². The third-order valence-corrected chi connectivity index (χ3v) is 5.01. The van der Waals surface area contributed by atoms with E-state index in [4.69, 9.17) is 5.26 Å². The molecule has 0 fully saturated rings. The normalized spacial score (nSPS) is 11.9. The molecule has 0 aliphatic heterocycles. The van der Waals surface area contributed by atoms with E-state index in [1.165, 1.54) is 0 Å². The van der Waals surface area contributed by atoms with Gasteiger partial charge < -0.3 is 4.90 Å². The Kier molecular flexibility index (Phi) is 4.09. The molecule has 1 unspecified atom stereocenters. The summed E-state index contributed by atoms with van der Waals surface area (Å²) >= 11 is 1.60. The van der Waals surface area contributed by atoms with E-state index in [1.807, 2.05) is 31.2 Å². The highest BCUT2D eigenvalue weighted by Crippen LogP contribution is 2.29. The SMILES string of the molecule is CC(c1nc2ccccc2s1)N(C)C(=O)c1cccc(C#N)c1. The van der Waals surface area contributed by atoms with Crippen LogP contribution in [0.5, 0.6) is 0 Å². The fraction of sp³-hybridized carbons (Fsp3) is 0.167. The largest absolute Gasteiger partial charge is 0.333 e.